The van der Waals surface area contributed by atoms with Gasteiger partial charge in [0.25, 0.3) is 0 Å². The molecule has 3 aromatic carbocycles. The van der Waals surface area contributed by atoms with E-state index in [1.165, 1.54) is 0 Å². The van der Waals surface area contributed by atoms with Gasteiger partial charge in [-0.15, -0.1) is 0 Å². The van der Waals surface area contributed by atoms with Gasteiger partial charge >= 0.3 is 6.03 Å². The van der Waals surface area contributed by atoms with Gasteiger partial charge in [-0.3, -0.25) is 4.79 Å². The largest absolute Gasteiger partial charge is 0.327 e. The Balaban J connectivity index is 1.70. The summed E-state index contributed by atoms with van der Waals surface area (Å²) in [7, 11) is 0. The van der Waals surface area contributed by atoms with Crippen LogP contribution in [0.3, 0.4) is 0 Å². The van der Waals surface area contributed by atoms with Crippen molar-refractivity contribution in [3.8, 4) is 11.1 Å². The molecule has 0 fully saturated rings. The van der Waals surface area contributed by atoms with E-state index in [1.54, 1.807) is 31.2 Å². The minimum absolute atomic E-state index is 0.149. The molecule has 0 unspecified atom stereocenters. The predicted octanol–water partition coefficient (Wildman–Crippen LogP) is 5.52. The fourth-order valence-electron chi connectivity index (χ4n) is 3.50. The number of Topliss-reactive ketones (excluding diaryl/α,β-unsaturated/α-hetero) is 1. The Bertz CT molecular complexity index is 1090. The number of amides is 2. The molecule has 0 bridgehead atoms. The van der Waals surface area contributed by atoms with Crippen molar-refractivity contribution in [2.45, 2.75) is 13.0 Å². The number of benzene rings is 3. The highest BCUT2D eigenvalue weighted by Crippen LogP contribution is 2.31. The Morgan fingerprint density at radius 1 is 0.862 bits per heavy atom. The van der Waals surface area contributed by atoms with Crippen LogP contribution in [-0.2, 0) is 0 Å². The van der Waals surface area contributed by atoms with Gasteiger partial charge in [0.2, 0.25) is 0 Å². The lowest BCUT2D eigenvalue weighted by molar-refractivity contribution is 0.102. The molecule has 0 spiro atoms. The molecule has 144 valence electrons. The summed E-state index contributed by atoms with van der Waals surface area (Å²) in [5.41, 5.74) is 4.60. The summed E-state index contributed by atoms with van der Waals surface area (Å²) < 4.78 is 0. The molecule has 4 rings (SSSR count). The minimum Gasteiger partial charge on any atom is -0.327 e. The third-order valence-corrected chi connectivity index (χ3v) is 5.22. The van der Waals surface area contributed by atoms with Crippen LogP contribution in [-0.4, -0.2) is 11.8 Å². The number of halogens is 1. The van der Waals surface area contributed by atoms with Crippen LogP contribution < -0.4 is 10.6 Å². The zero-order valence-corrected chi connectivity index (χ0v) is 16.5. The molecule has 1 aliphatic rings. The van der Waals surface area contributed by atoms with Gasteiger partial charge in [-0.1, -0.05) is 66.2 Å². The van der Waals surface area contributed by atoms with Gasteiger partial charge in [-0.2, -0.15) is 0 Å². The molecule has 0 radical (unpaired) electrons. The standard InChI is InChI=1S/C24H19ClN2O2/c1-15-21(23(28)19-11-13-20(25)14-12-19)22(27-24(29)26-15)18-9-7-17(8-10-18)16-5-3-2-4-6-16/h2-14,22H,1H3,(H2,26,27,29)/t22-/m0/s1. The Morgan fingerprint density at radius 3 is 2.14 bits per heavy atom. The number of urea groups is 1. The third-order valence-electron chi connectivity index (χ3n) is 4.97. The van der Waals surface area contributed by atoms with Crippen LogP contribution in [0.4, 0.5) is 4.79 Å². The average Bonchev–Trinajstić information content (AvgIpc) is 2.74. The van der Waals surface area contributed by atoms with Crippen LogP contribution >= 0.6 is 11.6 Å². The number of carbonyl (C=O) groups excluding carboxylic acids is 2. The van der Waals surface area contributed by atoms with E-state index in [2.05, 4.69) is 10.6 Å². The van der Waals surface area contributed by atoms with E-state index in [4.69, 9.17) is 11.6 Å². The number of hydrogen-bond acceptors (Lipinski definition) is 2. The second kappa shape index (κ2) is 7.94. The fraction of sp³-hybridized carbons (Fsp3) is 0.0833. The molecule has 4 nitrogen and oxygen atoms in total. The zero-order chi connectivity index (χ0) is 20.4. The van der Waals surface area contributed by atoms with Crippen LogP contribution in [0.1, 0.15) is 28.9 Å². The quantitative estimate of drug-likeness (QED) is 0.564. The van der Waals surface area contributed by atoms with Crippen molar-refractivity contribution in [1.82, 2.24) is 10.6 Å². The molecule has 0 aliphatic carbocycles. The first-order chi connectivity index (χ1) is 14.0. The molecule has 2 N–H and O–H groups in total. The van der Waals surface area contributed by atoms with Crippen LogP contribution in [0.2, 0.25) is 5.02 Å². The van der Waals surface area contributed by atoms with Gasteiger partial charge in [-0.05, 0) is 47.9 Å². The number of carbonyl (C=O) groups is 2. The van der Waals surface area contributed by atoms with E-state index in [0.717, 1.165) is 16.7 Å². The summed E-state index contributed by atoms with van der Waals surface area (Å²) in [5, 5.41) is 6.16. The molecule has 3 aromatic rings. The highest BCUT2D eigenvalue weighted by molar-refractivity contribution is 6.30. The third kappa shape index (κ3) is 3.93. The topological polar surface area (TPSA) is 58.2 Å². The minimum atomic E-state index is -0.531. The van der Waals surface area contributed by atoms with Crippen LogP contribution in [0, 0.1) is 0 Å². The lowest BCUT2D eigenvalue weighted by Crippen LogP contribution is -2.45. The van der Waals surface area contributed by atoms with E-state index in [-0.39, 0.29) is 11.8 Å². The first-order valence-corrected chi connectivity index (χ1v) is 9.64. The van der Waals surface area contributed by atoms with Crippen molar-refractivity contribution >= 4 is 23.4 Å². The molecule has 29 heavy (non-hydrogen) atoms. The molecule has 0 saturated heterocycles. The number of hydrogen-bond donors (Lipinski definition) is 2. The van der Waals surface area contributed by atoms with E-state index in [0.29, 0.717) is 21.9 Å². The first-order valence-electron chi connectivity index (χ1n) is 9.27. The normalized spacial score (nSPS) is 16.2. The van der Waals surface area contributed by atoms with E-state index in [9.17, 15) is 9.59 Å². The van der Waals surface area contributed by atoms with Gasteiger partial charge < -0.3 is 10.6 Å². The van der Waals surface area contributed by atoms with Gasteiger partial charge in [0.15, 0.2) is 5.78 Å². The maximum absolute atomic E-state index is 13.2. The summed E-state index contributed by atoms with van der Waals surface area (Å²) in [6, 6.07) is 23.8. The van der Waals surface area contributed by atoms with E-state index in [1.807, 2.05) is 54.6 Å². The second-order valence-corrected chi connectivity index (χ2v) is 7.33. The number of ketones is 1. The molecule has 1 atom stereocenters. The van der Waals surface area contributed by atoms with E-state index < -0.39 is 6.04 Å². The zero-order valence-electron chi connectivity index (χ0n) is 15.8. The second-order valence-electron chi connectivity index (χ2n) is 6.89. The van der Waals surface area contributed by atoms with Crippen LogP contribution in [0.5, 0.6) is 0 Å². The molecule has 1 heterocycles. The first kappa shape index (κ1) is 19.0. The van der Waals surface area contributed by atoms with Crippen molar-refractivity contribution in [3.63, 3.8) is 0 Å². The molecular weight excluding hydrogens is 384 g/mol. The number of allylic oxidation sites excluding steroid dienone is 1. The smallest absolute Gasteiger partial charge is 0.319 e. The molecule has 1 aliphatic heterocycles. The maximum atomic E-state index is 13.2. The monoisotopic (exact) mass is 402 g/mol. The summed E-state index contributed by atoms with van der Waals surface area (Å²) >= 11 is 5.95. The molecule has 0 aromatic heterocycles. The van der Waals surface area contributed by atoms with E-state index >= 15 is 0 Å². The molecule has 5 heteroatoms. The summed E-state index contributed by atoms with van der Waals surface area (Å²) in [6.45, 7) is 1.74. The Morgan fingerprint density at radius 2 is 1.48 bits per heavy atom. The number of nitrogens with one attached hydrogen (secondary N) is 2. The van der Waals surface area contributed by atoms with Gasteiger partial charge in [0, 0.05) is 21.9 Å². The molecular formula is C24H19ClN2O2. The van der Waals surface area contributed by atoms with Gasteiger partial charge in [0.1, 0.15) is 0 Å². The van der Waals surface area contributed by atoms with Crippen molar-refractivity contribution in [1.29, 1.82) is 0 Å². The molecule has 0 saturated carbocycles. The molecule has 2 amide bonds. The SMILES string of the molecule is CC1=C(C(=O)c2ccc(Cl)cc2)[C@H](c2ccc(-c3ccccc3)cc2)NC(=O)N1. The maximum Gasteiger partial charge on any atom is 0.319 e. The fourth-order valence-corrected chi connectivity index (χ4v) is 3.63. The lowest BCUT2D eigenvalue weighted by atomic mass is 9.89. The number of rotatable bonds is 4. The summed E-state index contributed by atoms with van der Waals surface area (Å²) in [5.74, 6) is -0.149. The van der Waals surface area contributed by atoms with Gasteiger partial charge in [0.05, 0.1) is 6.04 Å². The Labute approximate surface area is 174 Å². The average molecular weight is 403 g/mol. The highest BCUT2D eigenvalue weighted by atomic mass is 35.5. The highest BCUT2D eigenvalue weighted by Gasteiger charge is 2.31. The Kier molecular flexibility index (Phi) is 5.19. The van der Waals surface area contributed by atoms with Crippen molar-refractivity contribution < 1.29 is 9.59 Å². The summed E-state index contributed by atoms with van der Waals surface area (Å²) in [4.78, 5) is 25.3. The van der Waals surface area contributed by atoms with Crippen molar-refractivity contribution in [2.75, 3.05) is 0 Å². The van der Waals surface area contributed by atoms with Gasteiger partial charge in [-0.25, -0.2) is 4.79 Å². The summed E-state index contributed by atoms with van der Waals surface area (Å²) in [6.07, 6.45) is 0. The lowest BCUT2D eigenvalue weighted by Gasteiger charge is -2.29. The van der Waals surface area contributed by atoms with Crippen molar-refractivity contribution in [3.05, 3.63) is 106 Å². The van der Waals surface area contributed by atoms with Crippen LogP contribution in [0.25, 0.3) is 11.1 Å². The van der Waals surface area contributed by atoms with Crippen LogP contribution in [0.15, 0.2) is 90.1 Å². The predicted molar refractivity (Wildman–Crippen MR) is 115 cm³/mol. The van der Waals surface area contributed by atoms with Crippen molar-refractivity contribution in [2.24, 2.45) is 0 Å². The Hall–Kier alpha value is -3.37.